The van der Waals surface area contributed by atoms with E-state index in [1.54, 1.807) is 12.1 Å². The minimum atomic E-state index is -0.391. The summed E-state index contributed by atoms with van der Waals surface area (Å²) in [5.41, 5.74) is 0.284. The van der Waals surface area contributed by atoms with Crippen molar-refractivity contribution in [2.45, 2.75) is 103 Å². The summed E-state index contributed by atoms with van der Waals surface area (Å²) >= 11 is 0. The van der Waals surface area contributed by atoms with Crippen molar-refractivity contribution in [3.63, 3.8) is 0 Å². The lowest BCUT2D eigenvalue weighted by Gasteiger charge is -2.48. The number of amides is 2. The number of halogens is 1. The quantitative estimate of drug-likeness (QED) is 0.487. The molecule has 0 bridgehead atoms. The minimum absolute atomic E-state index is 0.0933. The van der Waals surface area contributed by atoms with Crippen LogP contribution in [-0.4, -0.2) is 60.5 Å². The summed E-state index contributed by atoms with van der Waals surface area (Å²) in [6.45, 7) is 9.11. The van der Waals surface area contributed by atoms with Gasteiger partial charge in [0.05, 0.1) is 11.5 Å². The molecule has 1 saturated carbocycles. The molecule has 2 amide bonds. The number of rotatable bonds is 8. The van der Waals surface area contributed by atoms with Crippen molar-refractivity contribution < 1.29 is 14.0 Å². The minimum Gasteiger partial charge on any atom is -0.351 e. The van der Waals surface area contributed by atoms with Gasteiger partial charge < -0.3 is 20.9 Å². The average molecular weight is 515 g/mol. The first-order valence-electron chi connectivity index (χ1n) is 14.5. The molecular formula is C30H47FN4O2. The molecule has 6 nitrogen and oxygen atoms in total. The molecule has 206 valence electrons. The van der Waals surface area contributed by atoms with Crippen LogP contribution in [0, 0.1) is 17.2 Å². The second kappa shape index (κ2) is 12.2. The Morgan fingerprint density at radius 3 is 2.32 bits per heavy atom. The van der Waals surface area contributed by atoms with E-state index in [4.69, 9.17) is 0 Å². The van der Waals surface area contributed by atoms with Crippen LogP contribution in [0.15, 0.2) is 24.3 Å². The first-order chi connectivity index (χ1) is 17.7. The van der Waals surface area contributed by atoms with Crippen molar-refractivity contribution in [2.24, 2.45) is 11.3 Å². The fraction of sp³-hybridized carbons (Fsp3) is 0.733. The van der Waals surface area contributed by atoms with Crippen molar-refractivity contribution in [2.75, 3.05) is 26.2 Å². The molecule has 3 aliphatic rings. The van der Waals surface area contributed by atoms with Crippen molar-refractivity contribution in [1.29, 1.82) is 0 Å². The van der Waals surface area contributed by atoms with Crippen LogP contribution in [0.2, 0.25) is 0 Å². The summed E-state index contributed by atoms with van der Waals surface area (Å²) in [5.74, 6) is 0.392. The van der Waals surface area contributed by atoms with Gasteiger partial charge >= 0.3 is 0 Å². The topological polar surface area (TPSA) is 73.5 Å². The predicted molar refractivity (Wildman–Crippen MR) is 146 cm³/mol. The molecule has 2 aliphatic heterocycles. The maximum atomic E-state index is 13.8. The van der Waals surface area contributed by atoms with Crippen LogP contribution in [0.3, 0.4) is 0 Å². The van der Waals surface area contributed by atoms with Gasteiger partial charge in [-0.1, -0.05) is 31.4 Å². The Hall–Kier alpha value is -1.99. The predicted octanol–water partition coefficient (Wildman–Crippen LogP) is 4.18. The Morgan fingerprint density at radius 2 is 1.73 bits per heavy atom. The summed E-state index contributed by atoms with van der Waals surface area (Å²) in [6.07, 6.45) is 10.1. The molecule has 2 saturated heterocycles. The lowest BCUT2D eigenvalue weighted by atomic mass is 9.63. The van der Waals surface area contributed by atoms with E-state index in [1.165, 1.54) is 31.4 Å². The Bertz CT molecular complexity index is 893. The van der Waals surface area contributed by atoms with Crippen LogP contribution >= 0.6 is 0 Å². The van der Waals surface area contributed by atoms with Crippen molar-refractivity contribution in [3.05, 3.63) is 35.6 Å². The third kappa shape index (κ3) is 7.32. The number of nitrogens with zero attached hydrogens (tertiary/aromatic N) is 1. The van der Waals surface area contributed by atoms with Gasteiger partial charge in [0.15, 0.2) is 0 Å². The number of hydrogen-bond donors (Lipinski definition) is 3. The van der Waals surface area contributed by atoms with Gasteiger partial charge in [-0.05, 0) is 95.9 Å². The SMILES string of the molecule is CC(C)(C)NC(=O)C1(C2CCCCC2)CCN(C(=O)[C@@H](Cc2ccc(F)cc2)NC[C@H]2CCCN2)CC1. The van der Waals surface area contributed by atoms with E-state index in [0.29, 0.717) is 31.5 Å². The van der Waals surface area contributed by atoms with Crippen LogP contribution in [-0.2, 0) is 16.0 Å². The molecule has 0 spiro atoms. The van der Waals surface area contributed by atoms with Crippen LogP contribution in [0.4, 0.5) is 4.39 Å². The van der Waals surface area contributed by atoms with Gasteiger partial charge in [0, 0.05) is 31.2 Å². The van der Waals surface area contributed by atoms with E-state index in [9.17, 15) is 14.0 Å². The van der Waals surface area contributed by atoms with Gasteiger partial charge in [-0.3, -0.25) is 9.59 Å². The van der Waals surface area contributed by atoms with Gasteiger partial charge in [0.2, 0.25) is 11.8 Å². The second-order valence-electron chi connectivity index (χ2n) is 12.6. The number of piperidine rings is 1. The molecule has 3 N–H and O–H groups in total. The van der Waals surface area contributed by atoms with Crippen LogP contribution in [0.5, 0.6) is 0 Å². The fourth-order valence-corrected chi connectivity index (χ4v) is 6.61. The zero-order chi connectivity index (χ0) is 26.5. The number of carbonyl (C=O) groups excluding carboxylic acids is 2. The molecule has 4 rings (SSSR count). The zero-order valence-corrected chi connectivity index (χ0v) is 23.1. The first kappa shape index (κ1) is 28.0. The zero-order valence-electron chi connectivity index (χ0n) is 23.1. The Balaban J connectivity index is 1.46. The second-order valence-corrected chi connectivity index (χ2v) is 12.6. The molecule has 0 radical (unpaired) electrons. The highest BCUT2D eigenvalue weighted by molar-refractivity contribution is 5.85. The van der Waals surface area contributed by atoms with Crippen LogP contribution in [0.25, 0.3) is 0 Å². The maximum absolute atomic E-state index is 13.8. The lowest BCUT2D eigenvalue weighted by Crippen LogP contribution is -2.59. The van der Waals surface area contributed by atoms with Gasteiger partial charge in [0.1, 0.15) is 5.82 Å². The van der Waals surface area contributed by atoms with E-state index in [-0.39, 0.29) is 29.2 Å². The number of hydrogen-bond acceptors (Lipinski definition) is 4. The number of nitrogens with one attached hydrogen (secondary N) is 3. The van der Waals surface area contributed by atoms with Gasteiger partial charge in [-0.25, -0.2) is 4.39 Å². The van der Waals surface area contributed by atoms with E-state index in [0.717, 1.165) is 57.2 Å². The number of carbonyl (C=O) groups is 2. The standard InChI is InChI=1S/C30H47FN4O2/c1-29(2,3)34-28(37)30(23-8-5-4-6-9-23)15-18-35(19-16-30)27(36)26(33-21-25-10-7-17-32-25)20-22-11-13-24(31)14-12-22/h11-14,23,25-26,32-33H,4-10,15-21H2,1-3H3,(H,34,37)/t25-,26-/m1/s1. The third-order valence-corrected chi connectivity index (χ3v) is 8.72. The Labute approximate surface area is 222 Å². The summed E-state index contributed by atoms with van der Waals surface area (Å²) in [4.78, 5) is 29.5. The summed E-state index contributed by atoms with van der Waals surface area (Å²) < 4.78 is 13.5. The van der Waals surface area contributed by atoms with Crippen molar-refractivity contribution in [3.8, 4) is 0 Å². The highest BCUT2D eigenvalue weighted by Crippen LogP contribution is 2.46. The largest absolute Gasteiger partial charge is 0.351 e. The molecule has 2 atom stereocenters. The molecule has 7 heteroatoms. The molecule has 37 heavy (non-hydrogen) atoms. The lowest BCUT2D eigenvalue weighted by molar-refractivity contribution is -0.147. The maximum Gasteiger partial charge on any atom is 0.240 e. The Morgan fingerprint density at radius 1 is 1.05 bits per heavy atom. The summed E-state index contributed by atoms with van der Waals surface area (Å²) in [7, 11) is 0. The fourth-order valence-electron chi connectivity index (χ4n) is 6.61. The number of likely N-dealkylation sites (tertiary alicyclic amines) is 1. The van der Waals surface area contributed by atoms with E-state index >= 15 is 0 Å². The molecular weight excluding hydrogens is 467 g/mol. The molecule has 3 fully saturated rings. The average Bonchev–Trinajstić information content (AvgIpc) is 3.40. The molecule has 2 heterocycles. The summed E-state index contributed by atoms with van der Waals surface area (Å²) in [5, 5.41) is 10.3. The van der Waals surface area contributed by atoms with E-state index in [1.807, 2.05) is 25.7 Å². The van der Waals surface area contributed by atoms with Gasteiger partial charge in [-0.2, -0.15) is 0 Å². The van der Waals surface area contributed by atoms with Gasteiger partial charge in [0.25, 0.3) is 0 Å². The van der Waals surface area contributed by atoms with Gasteiger partial charge in [-0.15, -0.1) is 0 Å². The van der Waals surface area contributed by atoms with E-state index in [2.05, 4.69) is 16.0 Å². The highest BCUT2D eigenvalue weighted by Gasteiger charge is 2.49. The molecule has 0 unspecified atom stereocenters. The highest BCUT2D eigenvalue weighted by atomic mass is 19.1. The molecule has 1 aromatic carbocycles. The Kier molecular flexibility index (Phi) is 9.28. The molecule has 1 aliphatic carbocycles. The van der Waals surface area contributed by atoms with Crippen LogP contribution in [0.1, 0.15) is 84.1 Å². The third-order valence-electron chi connectivity index (χ3n) is 8.72. The van der Waals surface area contributed by atoms with Crippen molar-refractivity contribution in [1.82, 2.24) is 20.9 Å². The smallest absolute Gasteiger partial charge is 0.240 e. The molecule has 1 aromatic rings. The van der Waals surface area contributed by atoms with E-state index < -0.39 is 5.41 Å². The van der Waals surface area contributed by atoms with Crippen LogP contribution < -0.4 is 16.0 Å². The first-order valence-corrected chi connectivity index (χ1v) is 14.5. The summed E-state index contributed by atoms with van der Waals surface area (Å²) in [6, 6.07) is 6.48. The number of benzene rings is 1. The molecule has 0 aromatic heterocycles. The normalized spacial score (nSPS) is 23.6. The van der Waals surface area contributed by atoms with Crippen molar-refractivity contribution >= 4 is 11.8 Å². The monoisotopic (exact) mass is 514 g/mol.